The zero-order valence-electron chi connectivity index (χ0n) is 12.7. The number of aromatic nitrogens is 4. The van der Waals surface area contributed by atoms with Crippen LogP contribution in [0.1, 0.15) is 32.2 Å². The third-order valence-corrected chi connectivity index (χ3v) is 3.72. The first-order valence-corrected chi connectivity index (χ1v) is 7.51. The highest BCUT2D eigenvalue weighted by Gasteiger charge is 2.19. The molecule has 3 aromatic heterocycles. The molecule has 3 rings (SSSR count). The summed E-state index contributed by atoms with van der Waals surface area (Å²) in [6.07, 6.45) is 2.53. The Morgan fingerprint density at radius 2 is 2.05 bits per heavy atom. The number of rotatable bonds is 3. The molecule has 1 N–H and O–H groups in total. The van der Waals surface area contributed by atoms with Crippen molar-refractivity contribution in [2.45, 2.75) is 32.8 Å². The van der Waals surface area contributed by atoms with E-state index in [1.54, 1.807) is 20.0 Å². The Kier molecular flexibility index (Phi) is 3.62. The molecule has 3 heterocycles. The van der Waals surface area contributed by atoms with Gasteiger partial charge >= 0.3 is 0 Å². The topological polar surface area (TPSA) is 63.8 Å². The second kappa shape index (κ2) is 5.34. The van der Waals surface area contributed by atoms with E-state index in [0.717, 1.165) is 23.1 Å². The summed E-state index contributed by atoms with van der Waals surface area (Å²) >= 11 is 5.94. The first kappa shape index (κ1) is 14.9. The first-order chi connectivity index (χ1) is 10.4. The number of hydrogen-bond acceptors (Lipinski definition) is 4. The standard InChI is InChI=1S/C16H17ClN4O/c1-4-11-8-10-9-18-15(17)20-14(10)21(11)13-7-5-6-12(19-13)16(2,3)22/h5-9,22H,4H2,1-3H3. The van der Waals surface area contributed by atoms with Gasteiger partial charge in [-0.05, 0) is 50.1 Å². The molecular weight excluding hydrogens is 300 g/mol. The fourth-order valence-electron chi connectivity index (χ4n) is 2.43. The number of nitrogens with zero attached hydrogens (tertiary/aromatic N) is 4. The third-order valence-electron chi connectivity index (χ3n) is 3.54. The van der Waals surface area contributed by atoms with Crippen molar-refractivity contribution in [2.24, 2.45) is 0 Å². The summed E-state index contributed by atoms with van der Waals surface area (Å²) in [7, 11) is 0. The van der Waals surface area contributed by atoms with Crippen LogP contribution in [0.3, 0.4) is 0 Å². The summed E-state index contributed by atoms with van der Waals surface area (Å²) in [6.45, 7) is 5.50. The quantitative estimate of drug-likeness (QED) is 0.753. The Morgan fingerprint density at radius 3 is 2.73 bits per heavy atom. The molecule has 0 aliphatic carbocycles. The minimum Gasteiger partial charge on any atom is -0.384 e. The van der Waals surface area contributed by atoms with E-state index in [1.165, 1.54) is 0 Å². The lowest BCUT2D eigenvalue weighted by atomic mass is 10.1. The Labute approximate surface area is 133 Å². The van der Waals surface area contributed by atoms with E-state index in [9.17, 15) is 5.11 Å². The smallest absolute Gasteiger partial charge is 0.224 e. The summed E-state index contributed by atoms with van der Waals surface area (Å²) in [5.41, 5.74) is 1.39. The number of halogens is 1. The van der Waals surface area contributed by atoms with Crippen molar-refractivity contribution >= 4 is 22.6 Å². The normalized spacial score (nSPS) is 12.0. The molecule has 0 atom stereocenters. The van der Waals surface area contributed by atoms with Crippen molar-refractivity contribution in [3.05, 3.63) is 47.1 Å². The molecule has 114 valence electrons. The molecule has 0 amide bonds. The molecule has 6 heteroatoms. The molecule has 0 radical (unpaired) electrons. The average Bonchev–Trinajstić information content (AvgIpc) is 2.84. The van der Waals surface area contributed by atoms with Crippen molar-refractivity contribution in [1.82, 2.24) is 19.5 Å². The number of hydrogen-bond donors (Lipinski definition) is 1. The van der Waals surface area contributed by atoms with Crippen molar-refractivity contribution in [2.75, 3.05) is 0 Å². The van der Waals surface area contributed by atoms with Crippen LogP contribution in [0.2, 0.25) is 5.28 Å². The van der Waals surface area contributed by atoms with E-state index in [0.29, 0.717) is 11.5 Å². The monoisotopic (exact) mass is 316 g/mol. The zero-order chi connectivity index (χ0) is 15.9. The van der Waals surface area contributed by atoms with Crippen molar-refractivity contribution in [3.8, 4) is 5.82 Å². The minimum absolute atomic E-state index is 0.202. The van der Waals surface area contributed by atoms with Crippen LogP contribution < -0.4 is 0 Å². The minimum atomic E-state index is -1.00. The molecule has 0 aliphatic heterocycles. The Bertz CT molecular complexity index is 836. The van der Waals surface area contributed by atoms with Gasteiger partial charge in [0, 0.05) is 17.3 Å². The maximum atomic E-state index is 10.2. The van der Waals surface area contributed by atoms with Gasteiger partial charge in [-0.25, -0.2) is 9.97 Å². The Hall–Kier alpha value is -1.98. The van der Waals surface area contributed by atoms with E-state index >= 15 is 0 Å². The van der Waals surface area contributed by atoms with Gasteiger partial charge in [0.25, 0.3) is 0 Å². The van der Waals surface area contributed by atoms with Gasteiger partial charge in [0.05, 0.1) is 5.69 Å². The maximum absolute atomic E-state index is 10.2. The van der Waals surface area contributed by atoms with Gasteiger partial charge in [-0.15, -0.1) is 0 Å². The van der Waals surface area contributed by atoms with Crippen molar-refractivity contribution < 1.29 is 5.11 Å². The van der Waals surface area contributed by atoms with Crippen LogP contribution in [0.4, 0.5) is 0 Å². The van der Waals surface area contributed by atoms with E-state index in [4.69, 9.17) is 11.6 Å². The van der Waals surface area contributed by atoms with Crippen LogP contribution >= 0.6 is 11.6 Å². The molecule has 0 unspecified atom stereocenters. The molecule has 0 aliphatic rings. The van der Waals surface area contributed by atoms with E-state index in [2.05, 4.69) is 21.9 Å². The predicted molar refractivity (Wildman–Crippen MR) is 86.3 cm³/mol. The molecule has 0 saturated heterocycles. The first-order valence-electron chi connectivity index (χ1n) is 7.13. The number of pyridine rings is 1. The molecule has 0 bridgehead atoms. The van der Waals surface area contributed by atoms with Crippen LogP contribution in [0.15, 0.2) is 30.5 Å². The highest BCUT2D eigenvalue weighted by molar-refractivity contribution is 6.28. The summed E-state index contributed by atoms with van der Waals surface area (Å²) in [5.74, 6) is 0.709. The highest BCUT2D eigenvalue weighted by atomic mass is 35.5. The van der Waals surface area contributed by atoms with Gasteiger partial charge < -0.3 is 5.11 Å². The molecule has 5 nitrogen and oxygen atoms in total. The zero-order valence-corrected chi connectivity index (χ0v) is 13.5. The fourth-order valence-corrected chi connectivity index (χ4v) is 2.56. The van der Waals surface area contributed by atoms with E-state index in [1.807, 2.05) is 28.8 Å². The molecular formula is C16H17ClN4O. The second-order valence-corrected chi connectivity index (χ2v) is 6.02. The number of aryl methyl sites for hydroxylation is 1. The van der Waals surface area contributed by atoms with E-state index < -0.39 is 5.60 Å². The summed E-state index contributed by atoms with van der Waals surface area (Å²) < 4.78 is 1.96. The van der Waals surface area contributed by atoms with Gasteiger partial charge in [-0.1, -0.05) is 13.0 Å². The van der Waals surface area contributed by atoms with Crippen molar-refractivity contribution in [1.29, 1.82) is 0 Å². The molecule has 0 aromatic carbocycles. The average molecular weight is 317 g/mol. The fraction of sp³-hybridized carbons (Fsp3) is 0.312. The Morgan fingerprint density at radius 1 is 1.27 bits per heavy atom. The summed E-state index contributed by atoms with van der Waals surface area (Å²) in [5, 5.41) is 11.3. The van der Waals surface area contributed by atoms with Crippen LogP contribution in [-0.2, 0) is 12.0 Å². The lowest BCUT2D eigenvalue weighted by molar-refractivity contribution is 0.0738. The van der Waals surface area contributed by atoms with E-state index in [-0.39, 0.29) is 5.28 Å². The maximum Gasteiger partial charge on any atom is 0.224 e. The third kappa shape index (κ3) is 2.58. The van der Waals surface area contributed by atoms with Gasteiger partial charge in [-0.3, -0.25) is 4.57 Å². The van der Waals surface area contributed by atoms with Crippen LogP contribution in [0, 0.1) is 0 Å². The van der Waals surface area contributed by atoms with Crippen molar-refractivity contribution in [3.63, 3.8) is 0 Å². The van der Waals surface area contributed by atoms with Crippen LogP contribution in [0.5, 0.6) is 0 Å². The SMILES string of the molecule is CCc1cc2cnc(Cl)nc2n1-c1cccc(C(C)(C)O)n1. The lowest BCUT2D eigenvalue weighted by Crippen LogP contribution is -2.18. The van der Waals surface area contributed by atoms with Gasteiger partial charge in [0.1, 0.15) is 11.4 Å². The molecule has 0 saturated carbocycles. The van der Waals surface area contributed by atoms with Crippen LogP contribution in [0.25, 0.3) is 16.9 Å². The summed E-state index contributed by atoms with van der Waals surface area (Å²) in [6, 6.07) is 7.61. The molecule has 22 heavy (non-hydrogen) atoms. The van der Waals surface area contributed by atoms with Gasteiger partial charge in [0.15, 0.2) is 5.65 Å². The largest absolute Gasteiger partial charge is 0.384 e. The van der Waals surface area contributed by atoms with Gasteiger partial charge in [-0.2, -0.15) is 4.98 Å². The summed E-state index contributed by atoms with van der Waals surface area (Å²) in [4.78, 5) is 12.9. The number of fused-ring (bicyclic) bond motifs is 1. The molecule has 0 fully saturated rings. The number of aliphatic hydroxyl groups is 1. The Balaban J connectivity index is 2.27. The second-order valence-electron chi connectivity index (χ2n) is 5.68. The van der Waals surface area contributed by atoms with Gasteiger partial charge in [0.2, 0.25) is 5.28 Å². The highest BCUT2D eigenvalue weighted by Crippen LogP contribution is 2.25. The molecule has 0 spiro atoms. The lowest BCUT2D eigenvalue weighted by Gasteiger charge is -2.18. The predicted octanol–water partition coefficient (Wildman–Crippen LogP) is 3.26. The molecule has 3 aromatic rings. The van der Waals surface area contributed by atoms with Crippen LogP contribution in [-0.4, -0.2) is 24.6 Å².